The summed E-state index contributed by atoms with van der Waals surface area (Å²) in [6, 6.07) is 5.86. The monoisotopic (exact) mass is 393 g/mol. The number of nitrogens with one attached hydrogen (secondary N) is 2. The van der Waals surface area contributed by atoms with Gasteiger partial charge in [-0.15, -0.1) is 0 Å². The highest BCUT2D eigenvalue weighted by molar-refractivity contribution is 9.10. The van der Waals surface area contributed by atoms with Crippen molar-refractivity contribution in [3.05, 3.63) is 34.4 Å². The molecule has 0 aliphatic carbocycles. The van der Waals surface area contributed by atoms with Crippen LogP contribution in [0.1, 0.15) is 18.9 Å². The third-order valence-electron chi connectivity index (χ3n) is 4.68. The van der Waals surface area contributed by atoms with E-state index >= 15 is 0 Å². The molecule has 0 bridgehead atoms. The SMILES string of the molecule is CC1(C(=O)O)CCN(C(=O)NCCc2c[nH]c3ccc(Br)cc23)C1. The normalized spacial score (nSPS) is 20.5. The zero-order valence-corrected chi connectivity index (χ0v) is 15.0. The van der Waals surface area contributed by atoms with Crippen LogP contribution in [0.25, 0.3) is 10.9 Å². The third-order valence-corrected chi connectivity index (χ3v) is 5.17. The Morgan fingerprint density at radius 3 is 2.96 bits per heavy atom. The lowest BCUT2D eigenvalue weighted by Gasteiger charge is -2.20. The van der Waals surface area contributed by atoms with E-state index < -0.39 is 11.4 Å². The largest absolute Gasteiger partial charge is 0.481 e. The summed E-state index contributed by atoms with van der Waals surface area (Å²) in [5.74, 6) is -0.845. The van der Waals surface area contributed by atoms with Crippen molar-refractivity contribution in [2.75, 3.05) is 19.6 Å². The van der Waals surface area contributed by atoms with Gasteiger partial charge in [-0.05, 0) is 43.5 Å². The van der Waals surface area contributed by atoms with Crippen molar-refractivity contribution in [1.29, 1.82) is 0 Å². The molecule has 1 fully saturated rings. The molecule has 0 spiro atoms. The maximum Gasteiger partial charge on any atom is 0.317 e. The Hall–Kier alpha value is -2.02. The number of aliphatic carboxylic acids is 1. The van der Waals surface area contributed by atoms with E-state index in [1.807, 2.05) is 18.3 Å². The van der Waals surface area contributed by atoms with Crippen LogP contribution in [-0.2, 0) is 11.2 Å². The van der Waals surface area contributed by atoms with Gasteiger partial charge in [0, 0.05) is 41.2 Å². The Kier molecular flexibility index (Phi) is 4.54. The molecule has 1 aromatic heterocycles. The first-order valence-corrected chi connectivity index (χ1v) is 8.70. The molecular weight excluding hydrogens is 374 g/mol. The van der Waals surface area contributed by atoms with Gasteiger partial charge in [0.25, 0.3) is 0 Å². The summed E-state index contributed by atoms with van der Waals surface area (Å²) in [5.41, 5.74) is 1.38. The van der Waals surface area contributed by atoms with E-state index in [-0.39, 0.29) is 12.6 Å². The maximum absolute atomic E-state index is 12.2. The van der Waals surface area contributed by atoms with Crippen molar-refractivity contribution in [2.24, 2.45) is 5.41 Å². The second-order valence-electron chi connectivity index (χ2n) is 6.52. The van der Waals surface area contributed by atoms with Gasteiger partial charge in [0.15, 0.2) is 0 Å². The number of hydrogen-bond donors (Lipinski definition) is 3. The molecule has 24 heavy (non-hydrogen) atoms. The average molecular weight is 394 g/mol. The molecule has 128 valence electrons. The van der Waals surface area contributed by atoms with Gasteiger partial charge in [-0.25, -0.2) is 4.79 Å². The van der Waals surface area contributed by atoms with Crippen molar-refractivity contribution in [2.45, 2.75) is 19.8 Å². The summed E-state index contributed by atoms with van der Waals surface area (Å²) in [6.07, 6.45) is 3.17. The lowest BCUT2D eigenvalue weighted by molar-refractivity contribution is -0.146. The predicted octanol–water partition coefficient (Wildman–Crippen LogP) is 2.98. The molecule has 7 heteroatoms. The fraction of sp³-hybridized carbons (Fsp3) is 0.412. The van der Waals surface area contributed by atoms with E-state index in [1.165, 1.54) is 0 Å². The number of carbonyl (C=O) groups is 2. The van der Waals surface area contributed by atoms with E-state index in [0.717, 1.165) is 20.9 Å². The van der Waals surface area contributed by atoms with Gasteiger partial charge in [0.2, 0.25) is 0 Å². The van der Waals surface area contributed by atoms with Gasteiger partial charge in [-0.1, -0.05) is 15.9 Å². The van der Waals surface area contributed by atoms with Crippen LogP contribution < -0.4 is 5.32 Å². The maximum atomic E-state index is 12.2. The number of aromatic nitrogens is 1. The van der Waals surface area contributed by atoms with Crippen LogP contribution in [0.5, 0.6) is 0 Å². The fourth-order valence-corrected chi connectivity index (χ4v) is 3.44. The van der Waals surface area contributed by atoms with E-state index in [4.69, 9.17) is 0 Å². The summed E-state index contributed by atoms with van der Waals surface area (Å²) in [5, 5.41) is 13.3. The van der Waals surface area contributed by atoms with Crippen LogP contribution in [0.4, 0.5) is 4.79 Å². The van der Waals surface area contributed by atoms with Crippen molar-refractivity contribution >= 4 is 38.8 Å². The number of halogens is 1. The summed E-state index contributed by atoms with van der Waals surface area (Å²) >= 11 is 3.47. The van der Waals surface area contributed by atoms with Gasteiger partial charge < -0.3 is 20.3 Å². The fourth-order valence-electron chi connectivity index (χ4n) is 3.08. The standard InChI is InChI=1S/C17H20BrN3O3/c1-17(15(22)23)5-7-21(10-17)16(24)19-6-4-11-9-20-14-3-2-12(18)8-13(11)14/h2-3,8-9,20H,4-7,10H2,1H3,(H,19,24)(H,22,23). The molecule has 0 radical (unpaired) electrons. The molecule has 1 saturated heterocycles. The minimum absolute atomic E-state index is 0.194. The summed E-state index contributed by atoms with van der Waals surface area (Å²) in [4.78, 5) is 28.3. The van der Waals surface area contributed by atoms with Crippen LogP contribution in [0.15, 0.2) is 28.9 Å². The first kappa shape index (κ1) is 16.8. The zero-order chi connectivity index (χ0) is 17.3. The predicted molar refractivity (Wildman–Crippen MR) is 95.0 cm³/mol. The quantitative estimate of drug-likeness (QED) is 0.746. The van der Waals surface area contributed by atoms with E-state index in [2.05, 4.69) is 32.3 Å². The second-order valence-corrected chi connectivity index (χ2v) is 7.44. The highest BCUT2D eigenvalue weighted by Crippen LogP contribution is 2.30. The highest BCUT2D eigenvalue weighted by atomic mass is 79.9. The number of nitrogens with zero attached hydrogens (tertiary/aromatic N) is 1. The van der Waals surface area contributed by atoms with E-state index in [9.17, 15) is 14.7 Å². The smallest absolute Gasteiger partial charge is 0.317 e. The minimum Gasteiger partial charge on any atom is -0.481 e. The van der Waals surface area contributed by atoms with Crippen LogP contribution in [-0.4, -0.2) is 46.6 Å². The number of carbonyl (C=O) groups excluding carboxylic acids is 1. The Balaban J connectivity index is 1.55. The first-order chi connectivity index (χ1) is 11.4. The van der Waals surface area contributed by atoms with Crippen molar-refractivity contribution in [3.8, 4) is 0 Å². The minimum atomic E-state index is -0.845. The Labute approximate surface area is 148 Å². The number of carboxylic acid groups (broad SMARTS) is 1. The third kappa shape index (κ3) is 3.26. The van der Waals surface area contributed by atoms with Gasteiger partial charge in [-0.2, -0.15) is 0 Å². The van der Waals surface area contributed by atoms with Gasteiger partial charge in [0.1, 0.15) is 0 Å². The number of H-pyrrole nitrogens is 1. The molecule has 2 aromatic rings. The molecule has 2 heterocycles. The number of aromatic amines is 1. The number of amides is 2. The second kappa shape index (κ2) is 6.47. The number of rotatable bonds is 4. The van der Waals surface area contributed by atoms with Crippen LogP contribution in [0, 0.1) is 5.41 Å². The number of carboxylic acids is 1. The van der Waals surface area contributed by atoms with Gasteiger partial charge >= 0.3 is 12.0 Å². The number of hydrogen-bond acceptors (Lipinski definition) is 2. The lowest BCUT2D eigenvalue weighted by atomic mass is 9.90. The van der Waals surface area contributed by atoms with Crippen molar-refractivity contribution in [1.82, 2.24) is 15.2 Å². The Bertz CT molecular complexity index is 788. The molecule has 1 aliphatic heterocycles. The highest BCUT2D eigenvalue weighted by Gasteiger charge is 2.42. The molecule has 3 N–H and O–H groups in total. The summed E-state index contributed by atoms with van der Waals surface area (Å²) < 4.78 is 1.02. The topological polar surface area (TPSA) is 85.4 Å². The Morgan fingerprint density at radius 1 is 1.46 bits per heavy atom. The number of fused-ring (bicyclic) bond motifs is 1. The molecule has 1 aromatic carbocycles. The van der Waals surface area contributed by atoms with E-state index in [1.54, 1.807) is 11.8 Å². The van der Waals surface area contributed by atoms with Gasteiger partial charge in [-0.3, -0.25) is 4.79 Å². The Morgan fingerprint density at radius 2 is 2.25 bits per heavy atom. The van der Waals surface area contributed by atoms with Crippen LogP contribution in [0.2, 0.25) is 0 Å². The number of benzene rings is 1. The van der Waals surface area contributed by atoms with Crippen LogP contribution in [0.3, 0.4) is 0 Å². The molecule has 1 aliphatic rings. The lowest BCUT2D eigenvalue weighted by Crippen LogP contribution is -2.41. The molecule has 2 amide bonds. The molecule has 0 saturated carbocycles. The van der Waals surface area contributed by atoms with Gasteiger partial charge in [0.05, 0.1) is 5.41 Å². The van der Waals surface area contributed by atoms with Crippen molar-refractivity contribution in [3.63, 3.8) is 0 Å². The average Bonchev–Trinajstić information content (AvgIpc) is 3.12. The number of likely N-dealkylation sites (tertiary alicyclic amines) is 1. The van der Waals surface area contributed by atoms with Crippen LogP contribution >= 0.6 is 15.9 Å². The molecule has 1 unspecified atom stereocenters. The summed E-state index contributed by atoms with van der Waals surface area (Å²) in [7, 11) is 0. The molecular formula is C17H20BrN3O3. The molecule has 3 rings (SSSR count). The zero-order valence-electron chi connectivity index (χ0n) is 13.4. The summed E-state index contributed by atoms with van der Waals surface area (Å²) in [6.45, 7) is 2.94. The molecule has 6 nitrogen and oxygen atoms in total. The van der Waals surface area contributed by atoms with E-state index in [0.29, 0.717) is 25.9 Å². The van der Waals surface area contributed by atoms with Crippen molar-refractivity contribution < 1.29 is 14.7 Å². The molecule has 1 atom stereocenters. The first-order valence-electron chi connectivity index (χ1n) is 7.91. The number of urea groups is 1.